The van der Waals surface area contributed by atoms with Gasteiger partial charge in [-0.25, -0.2) is 0 Å². The van der Waals surface area contributed by atoms with Gasteiger partial charge in [0.15, 0.2) is 0 Å². The van der Waals surface area contributed by atoms with E-state index in [1.807, 2.05) is 6.07 Å². The number of hydrogen-bond donors (Lipinski definition) is 2. The molecule has 0 unspecified atom stereocenters. The second-order valence-electron chi connectivity index (χ2n) is 3.42. The van der Waals surface area contributed by atoms with Gasteiger partial charge < -0.3 is 15.1 Å². The summed E-state index contributed by atoms with van der Waals surface area (Å²) >= 11 is 5.89. The van der Waals surface area contributed by atoms with Crippen molar-refractivity contribution < 1.29 is 19.8 Å². The number of benzene rings is 1. The summed E-state index contributed by atoms with van der Waals surface area (Å²) in [6.45, 7) is -0.976. The molecule has 0 fully saturated rings. The third-order valence-corrected chi connectivity index (χ3v) is 2.37. The maximum Gasteiger partial charge on any atom is 0.323 e. The first kappa shape index (κ1) is 13.8. The van der Waals surface area contributed by atoms with Gasteiger partial charge in [-0.15, -0.1) is 0 Å². The summed E-state index contributed by atoms with van der Waals surface area (Å²) in [5.74, 6) is -2.34. The lowest BCUT2D eigenvalue weighted by molar-refractivity contribution is -0.136. The van der Waals surface area contributed by atoms with E-state index in [0.29, 0.717) is 5.56 Å². The molecule has 0 spiro atoms. The average molecular weight is 269 g/mol. The van der Waals surface area contributed by atoms with Crippen LogP contribution in [0.2, 0.25) is 5.02 Å². The number of halogens is 1. The molecular formula is C11H9ClN2O4. The number of aliphatic carboxylic acids is 2. The Kier molecular flexibility index (Phi) is 4.52. The van der Waals surface area contributed by atoms with Gasteiger partial charge in [0.25, 0.3) is 0 Å². The molecule has 94 valence electrons. The van der Waals surface area contributed by atoms with E-state index in [0.717, 1.165) is 4.90 Å². The highest BCUT2D eigenvalue weighted by molar-refractivity contribution is 6.33. The fourth-order valence-corrected chi connectivity index (χ4v) is 1.69. The van der Waals surface area contributed by atoms with Crippen LogP contribution in [0.15, 0.2) is 18.2 Å². The predicted octanol–water partition coefficient (Wildman–Crippen LogP) is 1.19. The van der Waals surface area contributed by atoms with Crippen molar-refractivity contribution in [3.05, 3.63) is 28.8 Å². The van der Waals surface area contributed by atoms with Crippen molar-refractivity contribution in [2.75, 3.05) is 18.0 Å². The summed E-state index contributed by atoms with van der Waals surface area (Å²) in [5, 5.41) is 26.2. The van der Waals surface area contributed by atoms with Gasteiger partial charge in [-0.1, -0.05) is 11.6 Å². The maximum atomic E-state index is 10.7. The Hall–Kier alpha value is -2.26. The molecular weight excluding hydrogens is 260 g/mol. The van der Waals surface area contributed by atoms with Gasteiger partial charge in [-0.05, 0) is 18.2 Å². The van der Waals surface area contributed by atoms with Crippen molar-refractivity contribution >= 4 is 29.2 Å². The number of anilines is 1. The molecule has 0 aliphatic heterocycles. The molecule has 18 heavy (non-hydrogen) atoms. The van der Waals surface area contributed by atoms with E-state index in [9.17, 15) is 9.59 Å². The van der Waals surface area contributed by atoms with Gasteiger partial charge >= 0.3 is 11.9 Å². The van der Waals surface area contributed by atoms with Crippen LogP contribution in [-0.2, 0) is 9.59 Å². The molecule has 0 radical (unpaired) electrons. The normalized spacial score (nSPS) is 9.56. The summed E-state index contributed by atoms with van der Waals surface area (Å²) in [6.07, 6.45) is 0. The van der Waals surface area contributed by atoms with Crippen LogP contribution < -0.4 is 4.90 Å². The summed E-state index contributed by atoms with van der Waals surface area (Å²) < 4.78 is 0. The molecule has 0 saturated carbocycles. The lowest BCUT2D eigenvalue weighted by atomic mass is 10.2. The Balaban J connectivity index is 3.08. The van der Waals surface area contributed by atoms with E-state index in [1.54, 1.807) is 0 Å². The molecule has 0 atom stereocenters. The first-order valence-electron chi connectivity index (χ1n) is 4.82. The minimum Gasteiger partial charge on any atom is -0.480 e. The molecule has 0 amide bonds. The first-order chi connectivity index (χ1) is 8.43. The molecule has 0 saturated heterocycles. The van der Waals surface area contributed by atoms with Crippen LogP contribution in [0.5, 0.6) is 0 Å². The zero-order chi connectivity index (χ0) is 13.7. The minimum absolute atomic E-state index is 0.136. The molecule has 1 aromatic rings. The van der Waals surface area contributed by atoms with E-state index in [-0.39, 0.29) is 10.7 Å². The fourth-order valence-electron chi connectivity index (χ4n) is 1.39. The highest BCUT2D eigenvalue weighted by atomic mass is 35.5. The third-order valence-electron chi connectivity index (χ3n) is 2.07. The van der Waals surface area contributed by atoms with Gasteiger partial charge in [0.05, 0.1) is 22.3 Å². The summed E-state index contributed by atoms with van der Waals surface area (Å²) in [7, 11) is 0. The monoisotopic (exact) mass is 268 g/mol. The third kappa shape index (κ3) is 3.64. The zero-order valence-electron chi connectivity index (χ0n) is 9.13. The number of hydrogen-bond acceptors (Lipinski definition) is 4. The zero-order valence-corrected chi connectivity index (χ0v) is 9.89. The highest BCUT2D eigenvalue weighted by Gasteiger charge is 2.17. The quantitative estimate of drug-likeness (QED) is 0.832. The van der Waals surface area contributed by atoms with Gasteiger partial charge in [0.2, 0.25) is 0 Å². The van der Waals surface area contributed by atoms with Crippen LogP contribution in [0.25, 0.3) is 0 Å². The molecule has 2 N–H and O–H groups in total. The summed E-state index contributed by atoms with van der Waals surface area (Å²) in [5.41, 5.74) is 0.579. The lowest BCUT2D eigenvalue weighted by Crippen LogP contribution is -2.34. The molecule has 0 aromatic heterocycles. The smallest absolute Gasteiger partial charge is 0.323 e. The number of carboxylic acids is 2. The maximum absolute atomic E-state index is 10.7. The number of carbonyl (C=O) groups is 2. The fraction of sp³-hybridized carbons (Fsp3) is 0.182. The van der Waals surface area contributed by atoms with E-state index in [1.165, 1.54) is 18.2 Å². The Morgan fingerprint density at radius 2 is 1.83 bits per heavy atom. The summed E-state index contributed by atoms with van der Waals surface area (Å²) in [4.78, 5) is 22.4. The van der Waals surface area contributed by atoms with Gasteiger partial charge in [0.1, 0.15) is 13.1 Å². The molecule has 1 rings (SSSR count). The molecule has 1 aromatic carbocycles. The number of rotatable bonds is 5. The van der Waals surface area contributed by atoms with Crippen LogP contribution >= 0.6 is 11.6 Å². The van der Waals surface area contributed by atoms with Gasteiger partial charge in [-0.3, -0.25) is 9.59 Å². The second kappa shape index (κ2) is 5.89. The van der Waals surface area contributed by atoms with Crippen molar-refractivity contribution in [2.24, 2.45) is 0 Å². The summed E-state index contributed by atoms with van der Waals surface area (Å²) in [6, 6.07) is 6.10. The standard InChI is InChI=1S/C11H9ClN2O4/c12-8-3-7(4-13)1-2-9(8)14(5-10(15)16)6-11(17)18/h1-3H,5-6H2,(H,15,16)(H,17,18). The number of nitriles is 1. The Morgan fingerprint density at radius 3 is 2.22 bits per heavy atom. The minimum atomic E-state index is -1.17. The van der Waals surface area contributed by atoms with Crippen molar-refractivity contribution in [1.82, 2.24) is 0 Å². The van der Waals surface area contributed by atoms with E-state index in [4.69, 9.17) is 27.1 Å². The molecule has 0 aliphatic rings. The molecule has 0 heterocycles. The second-order valence-corrected chi connectivity index (χ2v) is 3.83. The van der Waals surface area contributed by atoms with Gasteiger partial charge in [0, 0.05) is 0 Å². The van der Waals surface area contributed by atoms with Crippen LogP contribution in [0.1, 0.15) is 5.56 Å². The van der Waals surface area contributed by atoms with Crippen molar-refractivity contribution in [1.29, 1.82) is 5.26 Å². The number of nitrogens with zero attached hydrogens (tertiary/aromatic N) is 2. The van der Waals surface area contributed by atoms with Crippen LogP contribution in [0.4, 0.5) is 5.69 Å². The SMILES string of the molecule is N#Cc1ccc(N(CC(=O)O)CC(=O)O)c(Cl)c1. The largest absolute Gasteiger partial charge is 0.480 e. The van der Waals surface area contributed by atoms with E-state index >= 15 is 0 Å². The van der Waals surface area contributed by atoms with Crippen molar-refractivity contribution in [3.63, 3.8) is 0 Å². The van der Waals surface area contributed by atoms with E-state index < -0.39 is 25.0 Å². The Morgan fingerprint density at radius 1 is 1.28 bits per heavy atom. The molecule has 0 bridgehead atoms. The van der Waals surface area contributed by atoms with Crippen LogP contribution in [-0.4, -0.2) is 35.2 Å². The lowest BCUT2D eigenvalue weighted by Gasteiger charge is -2.21. The van der Waals surface area contributed by atoms with Gasteiger partial charge in [-0.2, -0.15) is 5.26 Å². The highest BCUT2D eigenvalue weighted by Crippen LogP contribution is 2.26. The Labute approximate surface area is 108 Å². The van der Waals surface area contributed by atoms with Crippen LogP contribution in [0, 0.1) is 11.3 Å². The topological polar surface area (TPSA) is 102 Å². The number of carboxylic acid groups (broad SMARTS) is 2. The van der Waals surface area contributed by atoms with Crippen molar-refractivity contribution in [3.8, 4) is 6.07 Å². The Bertz CT molecular complexity index is 508. The average Bonchev–Trinajstić information content (AvgIpc) is 2.26. The van der Waals surface area contributed by atoms with E-state index in [2.05, 4.69) is 0 Å². The molecule has 7 heteroatoms. The van der Waals surface area contributed by atoms with Crippen molar-refractivity contribution in [2.45, 2.75) is 0 Å². The molecule has 0 aliphatic carbocycles. The first-order valence-corrected chi connectivity index (χ1v) is 5.20. The predicted molar refractivity (Wildman–Crippen MR) is 63.7 cm³/mol. The van der Waals surface area contributed by atoms with Crippen LogP contribution in [0.3, 0.4) is 0 Å². The molecule has 6 nitrogen and oxygen atoms in total.